The van der Waals surface area contributed by atoms with Gasteiger partial charge in [0.2, 0.25) is 0 Å². The van der Waals surface area contributed by atoms with Crippen LogP contribution in [0, 0.1) is 0 Å². The van der Waals surface area contributed by atoms with Gasteiger partial charge < -0.3 is 9.47 Å². The van der Waals surface area contributed by atoms with Gasteiger partial charge in [0, 0.05) is 5.56 Å². The highest BCUT2D eigenvalue weighted by Gasteiger charge is 2.33. The van der Waals surface area contributed by atoms with E-state index in [1.807, 2.05) is 0 Å². The van der Waals surface area contributed by atoms with Gasteiger partial charge in [-0.05, 0) is 18.2 Å². The molecule has 0 heterocycles. The van der Waals surface area contributed by atoms with Gasteiger partial charge in [-0.25, -0.2) is 0 Å². The summed E-state index contributed by atoms with van der Waals surface area (Å²) >= 11 is 0. The van der Waals surface area contributed by atoms with Crippen molar-refractivity contribution in [3.8, 4) is 11.5 Å². The van der Waals surface area contributed by atoms with E-state index in [-0.39, 0.29) is 0 Å². The average molecular weight is 264 g/mol. The smallest absolute Gasteiger partial charge is 0.390 e. The van der Waals surface area contributed by atoms with Gasteiger partial charge in [-0.3, -0.25) is 11.3 Å². The summed E-state index contributed by atoms with van der Waals surface area (Å²) in [6.45, 7) is 0. The first-order valence-corrected chi connectivity index (χ1v) is 5.16. The molecule has 1 rings (SSSR count). The fraction of sp³-hybridized carbons (Fsp3) is 0.455. The van der Waals surface area contributed by atoms with Gasteiger partial charge in [0.05, 0.1) is 26.7 Å². The second-order valence-electron chi connectivity index (χ2n) is 3.65. The van der Waals surface area contributed by atoms with Crippen LogP contribution in [0.2, 0.25) is 0 Å². The number of ether oxygens (including phenoxy) is 2. The zero-order chi connectivity index (χ0) is 13.8. The topological polar surface area (TPSA) is 56.5 Å². The molecule has 18 heavy (non-hydrogen) atoms. The second-order valence-corrected chi connectivity index (χ2v) is 3.65. The summed E-state index contributed by atoms with van der Waals surface area (Å²) < 4.78 is 47.3. The van der Waals surface area contributed by atoms with Crippen LogP contribution in [0.5, 0.6) is 11.5 Å². The van der Waals surface area contributed by atoms with Crippen molar-refractivity contribution in [2.75, 3.05) is 14.2 Å². The van der Waals surface area contributed by atoms with Crippen molar-refractivity contribution in [1.82, 2.24) is 5.43 Å². The van der Waals surface area contributed by atoms with E-state index >= 15 is 0 Å². The molecule has 1 atom stereocenters. The highest BCUT2D eigenvalue weighted by atomic mass is 19.4. The zero-order valence-electron chi connectivity index (χ0n) is 10.0. The molecule has 0 radical (unpaired) electrons. The Labute approximate surface area is 103 Å². The Balaban J connectivity index is 3.09. The molecule has 4 nitrogen and oxygen atoms in total. The SMILES string of the molecule is COc1ccc(OC)c(C(CC(F)(F)F)NN)c1. The van der Waals surface area contributed by atoms with Gasteiger partial charge in [-0.15, -0.1) is 0 Å². The molecule has 0 spiro atoms. The molecule has 0 bridgehead atoms. The van der Waals surface area contributed by atoms with Crippen molar-refractivity contribution in [1.29, 1.82) is 0 Å². The van der Waals surface area contributed by atoms with Gasteiger partial charge in [0.15, 0.2) is 0 Å². The Hall–Kier alpha value is -1.47. The highest BCUT2D eigenvalue weighted by Crippen LogP contribution is 2.35. The Kier molecular flexibility index (Phi) is 4.80. The highest BCUT2D eigenvalue weighted by molar-refractivity contribution is 5.42. The maximum atomic E-state index is 12.4. The Morgan fingerprint density at radius 2 is 1.94 bits per heavy atom. The summed E-state index contributed by atoms with van der Waals surface area (Å²) in [5.74, 6) is 5.94. The minimum atomic E-state index is -4.33. The standard InChI is InChI=1S/C11H15F3N2O2/c1-17-7-3-4-10(18-2)8(5-7)9(16-15)6-11(12,13)14/h3-5,9,16H,6,15H2,1-2H3. The third-order valence-corrected chi connectivity index (χ3v) is 2.45. The summed E-state index contributed by atoms with van der Waals surface area (Å²) in [7, 11) is 2.81. The van der Waals surface area contributed by atoms with Crippen molar-refractivity contribution in [3.05, 3.63) is 23.8 Å². The van der Waals surface area contributed by atoms with Gasteiger partial charge in [0.25, 0.3) is 0 Å². The molecular weight excluding hydrogens is 249 g/mol. The fourth-order valence-corrected chi connectivity index (χ4v) is 1.60. The first-order valence-electron chi connectivity index (χ1n) is 5.16. The number of benzene rings is 1. The van der Waals surface area contributed by atoms with E-state index in [0.29, 0.717) is 17.1 Å². The van der Waals surface area contributed by atoms with Crippen LogP contribution in [-0.4, -0.2) is 20.4 Å². The van der Waals surface area contributed by atoms with Crippen molar-refractivity contribution in [2.24, 2.45) is 5.84 Å². The number of nitrogens with one attached hydrogen (secondary N) is 1. The molecule has 0 amide bonds. The van der Waals surface area contributed by atoms with Crippen LogP contribution in [0.25, 0.3) is 0 Å². The van der Waals surface area contributed by atoms with Crippen LogP contribution >= 0.6 is 0 Å². The molecule has 0 fully saturated rings. The summed E-state index contributed by atoms with van der Waals surface area (Å²) in [6.07, 6.45) is -5.42. The van der Waals surface area contributed by atoms with Gasteiger partial charge >= 0.3 is 6.18 Å². The molecule has 7 heteroatoms. The molecule has 0 aromatic heterocycles. The first kappa shape index (κ1) is 14.6. The summed E-state index contributed by atoms with van der Waals surface area (Å²) in [4.78, 5) is 0. The number of nitrogens with two attached hydrogens (primary N) is 1. The third-order valence-electron chi connectivity index (χ3n) is 2.45. The molecule has 102 valence electrons. The predicted molar refractivity (Wildman–Crippen MR) is 60.3 cm³/mol. The van der Waals surface area contributed by atoms with Gasteiger partial charge in [-0.2, -0.15) is 13.2 Å². The maximum absolute atomic E-state index is 12.4. The average Bonchev–Trinajstić information content (AvgIpc) is 2.34. The van der Waals surface area contributed by atoms with Gasteiger partial charge in [0.1, 0.15) is 11.5 Å². The molecule has 1 aromatic carbocycles. The van der Waals surface area contributed by atoms with E-state index in [1.165, 1.54) is 26.4 Å². The Morgan fingerprint density at radius 1 is 1.28 bits per heavy atom. The molecule has 3 N–H and O–H groups in total. The van der Waals surface area contributed by atoms with E-state index < -0.39 is 18.6 Å². The summed E-state index contributed by atoms with van der Waals surface area (Å²) in [5.41, 5.74) is 2.45. The van der Waals surface area contributed by atoms with Crippen LogP contribution in [0.1, 0.15) is 18.0 Å². The molecule has 0 saturated heterocycles. The molecule has 1 unspecified atom stereocenters. The van der Waals surface area contributed by atoms with E-state index in [9.17, 15) is 13.2 Å². The molecule has 1 aromatic rings. The number of rotatable bonds is 5. The van der Waals surface area contributed by atoms with Crippen LogP contribution in [0.4, 0.5) is 13.2 Å². The van der Waals surface area contributed by atoms with Crippen LogP contribution < -0.4 is 20.7 Å². The molecule has 0 aliphatic carbocycles. The van der Waals surface area contributed by atoms with E-state index in [4.69, 9.17) is 15.3 Å². The Bertz CT molecular complexity index is 396. The number of hydrogen-bond donors (Lipinski definition) is 2. The summed E-state index contributed by atoms with van der Waals surface area (Å²) in [6, 6.07) is 3.52. The summed E-state index contributed by atoms with van der Waals surface area (Å²) in [5, 5.41) is 0. The third kappa shape index (κ3) is 3.78. The monoisotopic (exact) mass is 264 g/mol. The second kappa shape index (κ2) is 5.92. The minimum Gasteiger partial charge on any atom is -0.497 e. The fourth-order valence-electron chi connectivity index (χ4n) is 1.60. The molecule has 0 aliphatic heterocycles. The predicted octanol–water partition coefficient (Wildman–Crippen LogP) is 2.16. The lowest BCUT2D eigenvalue weighted by molar-refractivity contribution is -0.140. The lowest BCUT2D eigenvalue weighted by Crippen LogP contribution is -2.32. The van der Waals surface area contributed by atoms with Crippen LogP contribution in [0.15, 0.2) is 18.2 Å². The lowest BCUT2D eigenvalue weighted by atomic mass is 10.0. The number of methoxy groups -OCH3 is 2. The quantitative estimate of drug-likeness (QED) is 0.632. The van der Waals surface area contributed by atoms with Crippen molar-refractivity contribution in [3.63, 3.8) is 0 Å². The van der Waals surface area contributed by atoms with Gasteiger partial charge in [-0.1, -0.05) is 0 Å². The zero-order valence-corrected chi connectivity index (χ0v) is 10.0. The van der Waals surface area contributed by atoms with Crippen molar-refractivity contribution >= 4 is 0 Å². The van der Waals surface area contributed by atoms with E-state index in [1.54, 1.807) is 6.07 Å². The number of alkyl halides is 3. The number of halogens is 3. The molecular formula is C11H15F3N2O2. The number of hydrogen-bond acceptors (Lipinski definition) is 4. The minimum absolute atomic E-state index is 0.302. The normalized spacial score (nSPS) is 13.2. The largest absolute Gasteiger partial charge is 0.497 e. The lowest BCUT2D eigenvalue weighted by Gasteiger charge is -2.21. The van der Waals surface area contributed by atoms with Crippen LogP contribution in [-0.2, 0) is 0 Å². The maximum Gasteiger partial charge on any atom is 0.390 e. The molecule has 0 aliphatic rings. The molecule has 0 saturated carbocycles. The Morgan fingerprint density at radius 3 is 2.39 bits per heavy atom. The number of hydrazine groups is 1. The van der Waals surface area contributed by atoms with E-state index in [2.05, 4.69) is 5.43 Å². The van der Waals surface area contributed by atoms with Crippen LogP contribution in [0.3, 0.4) is 0 Å². The van der Waals surface area contributed by atoms with Crippen molar-refractivity contribution < 1.29 is 22.6 Å². The van der Waals surface area contributed by atoms with Crippen molar-refractivity contribution in [2.45, 2.75) is 18.6 Å². The van der Waals surface area contributed by atoms with E-state index in [0.717, 1.165) is 0 Å². The first-order chi connectivity index (χ1) is 8.41.